The number of hydrogen-bond donors (Lipinski definition) is 2. The average molecular weight is 305 g/mol. The maximum atomic E-state index is 12.1. The Balaban J connectivity index is 2.06. The first-order valence-electron chi connectivity index (χ1n) is 5.87. The summed E-state index contributed by atoms with van der Waals surface area (Å²) in [6.45, 7) is 0.380. The van der Waals surface area contributed by atoms with Crippen LogP contribution >= 0.6 is 11.3 Å². The Kier molecular flexibility index (Phi) is 4.50. The Morgan fingerprint density at radius 1 is 1.58 bits per heavy atom. The molecule has 1 aliphatic rings. The van der Waals surface area contributed by atoms with Crippen LogP contribution in [0, 0.1) is 0 Å². The van der Waals surface area contributed by atoms with Gasteiger partial charge in [-0.05, 0) is 19.3 Å². The SMILES string of the molecule is O=C(O)C1CCCCN1S(=O)(=O)NCc1cncs1. The molecule has 106 valence electrons. The van der Waals surface area contributed by atoms with Gasteiger partial charge in [0.15, 0.2) is 0 Å². The van der Waals surface area contributed by atoms with Crippen LogP contribution < -0.4 is 4.72 Å². The smallest absolute Gasteiger partial charge is 0.322 e. The van der Waals surface area contributed by atoms with Gasteiger partial charge in [0.25, 0.3) is 10.2 Å². The summed E-state index contributed by atoms with van der Waals surface area (Å²) in [5, 5.41) is 9.08. The fourth-order valence-corrected chi connectivity index (χ4v) is 4.04. The number of nitrogens with zero attached hydrogens (tertiary/aromatic N) is 2. The number of hydrogen-bond acceptors (Lipinski definition) is 5. The maximum Gasteiger partial charge on any atom is 0.322 e. The van der Waals surface area contributed by atoms with E-state index in [1.54, 1.807) is 11.7 Å². The molecule has 0 saturated carbocycles. The van der Waals surface area contributed by atoms with Gasteiger partial charge in [-0.1, -0.05) is 0 Å². The number of nitrogens with one attached hydrogen (secondary N) is 1. The molecule has 1 aromatic heterocycles. The average Bonchev–Trinajstić information content (AvgIpc) is 2.89. The summed E-state index contributed by atoms with van der Waals surface area (Å²) in [6, 6.07) is -0.965. The van der Waals surface area contributed by atoms with Crippen molar-refractivity contribution >= 4 is 27.5 Å². The minimum Gasteiger partial charge on any atom is -0.480 e. The Hall–Kier alpha value is -1.03. The minimum atomic E-state index is -3.77. The third-order valence-corrected chi connectivity index (χ3v) is 5.30. The topological polar surface area (TPSA) is 99.6 Å². The molecule has 2 rings (SSSR count). The number of carboxylic acid groups (broad SMARTS) is 1. The second-order valence-corrected chi connectivity index (χ2v) is 6.93. The molecule has 0 spiro atoms. The van der Waals surface area contributed by atoms with Crippen LogP contribution in [0.5, 0.6) is 0 Å². The van der Waals surface area contributed by atoms with Crippen molar-refractivity contribution in [1.82, 2.24) is 14.0 Å². The van der Waals surface area contributed by atoms with Crippen molar-refractivity contribution in [3.63, 3.8) is 0 Å². The monoisotopic (exact) mass is 305 g/mol. The van der Waals surface area contributed by atoms with Gasteiger partial charge >= 0.3 is 5.97 Å². The molecule has 1 saturated heterocycles. The highest BCUT2D eigenvalue weighted by molar-refractivity contribution is 7.87. The van der Waals surface area contributed by atoms with Crippen molar-refractivity contribution in [2.45, 2.75) is 31.8 Å². The molecule has 0 radical (unpaired) electrons. The molecule has 0 aliphatic carbocycles. The number of rotatable bonds is 5. The molecule has 1 atom stereocenters. The Bertz CT molecular complexity index is 529. The largest absolute Gasteiger partial charge is 0.480 e. The zero-order chi connectivity index (χ0) is 13.9. The van der Waals surface area contributed by atoms with E-state index < -0.39 is 22.2 Å². The van der Waals surface area contributed by atoms with E-state index in [-0.39, 0.29) is 13.1 Å². The Morgan fingerprint density at radius 3 is 3.00 bits per heavy atom. The quantitative estimate of drug-likeness (QED) is 0.821. The zero-order valence-corrected chi connectivity index (χ0v) is 11.8. The van der Waals surface area contributed by atoms with Crippen LogP contribution in [0.2, 0.25) is 0 Å². The van der Waals surface area contributed by atoms with Crippen LogP contribution in [0.15, 0.2) is 11.7 Å². The van der Waals surface area contributed by atoms with Gasteiger partial charge < -0.3 is 5.11 Å². The first kappa shape index (κ1) is 14.4. The highest BCUT2D eigenvalue weighted by Gasteiger charge is 2.36. The van der Waals surface area contributed by atoms with Gasteiger partial charge in [0, 0.05) is 24.2 Å². The van der Waals surface area contributed by atoms with Crippen molar-refractivity contribution in [2.24, 2.45) is 0 Å². The van der Waals surface area contributed by atoms with Crippen molar-refractivity contribution in [1.29, 1.82) is 0 Å². The number of carboxylic acids is 1. The van der Waals surface area contributed by atoms with E-state index in [1.165, 1.54) is 11.3 Å². The van der Waals surface area contributed by atoms with E-state index in [4.69, 9.17) is 5.11 Å². The molecule has 2 heterocycles. The fraction of sp³-hybridized carbons (Fsp3) is 0.600. The number of piperidine rings is 1. The van der Waals surface area contributed by atoms with E-state index in [0.717, 1.165) is 15.6 Å². The van der Waals surface area contributed by atoms with Crippen LogP contribution in [0.4, 0.5) is 0 Å². The molecule has 0 amide bonds. The van der Waals surface area contributed by atoms with E-state index in [1.807, 2.05) is 0 Å². The zero-order valence-electron chi connectivity index (χ0n) is 10.2. The molecule has 1 aliphatic heterocycles. The van der Waals surface area contributed by atoms with Crippen molar-refractivity contribution in [3.05, 3.63) is 16.6 Å². The first-order valence-corrected chi connectivity index (χ1v) is 8.19. The summed E-state index contributed by atoms with van der Waals surface area (Å²) in [5.74, 6) is -1.09. The molecular weight excluding hydrogens is 290 g/mol. The lowest BCUT2D eigenvalue weighted by Gasteiger charge is -2.31. The number of thiazole rings is 1. The van der Waals surface area contributed by atoms with Crippen LogP contribution in [-0.2, 0) is 21.5 Å². The lowest BCUT2D eigenvalue weighted by molar-refractivity contribution is -0.142. The summed E-state index contributed by atoms with van der Waals surface area (Å²) >= 11 is 1.34. The van der Waals surface area contributed by atoms with Crippen molar-refractivity contribution < 1.29 is 18.3 Å². The predicted octanol–water partition coefficient (Wildman–Crippen LogP) is 0.417. The second-order valence-electron chi connectivity index (χ2n) is 4.25. The number of carbonyl (C=O) groups is 1. The van der Waals surface area contributed by atoms with Gasteiger partial charge in [-0.2, -0.15) is 17.4 Å². The van der Waals surface area contributed by atoms with Gasteiger partial charge in [-0.15, -0.1) is 11.3 Å². The van der Waals surface area contributed by atoms with Gasteiger partial charge in [0.1, 0.15) is 6.04 Å². The van der Waals surface area contributed by atoms with E-state index in [2.05, 4.69) is 9.71 Å². The third-order valence-electron chi connectivity index (χ3n) is 2.96. The maximum absolute atomic E-state index is 12.1. The van der Waals surface area contributed by atoms with Gasteiger partial charge in [-0.3, -0.25) is 9.78 Å². The molecule has 9 heteroatoms. The molecule has 1 unspecified atom stereocenters. The molecule has 19 heavy (non-hydrogen) atoms. The van der Waals surface area contributed by atoms with E-state index >= 15 is 0 Å². The summed E-state index contributed by atoms with van der Waals surface area (Å²) in [6.07, 6.45) is 3.36. The van der Waals surface area contributed by atoms with E-state index in [0.29, 0.717) is 12.8 Å². The lowest BCUT2D eigenvalue weighted by atomic mass is 10.1. The van der Waals surface area contributed by atoms with Gasteiger partial charge in [0.2, 0.25) is 0 Å². The Morgan fingerprint density at radius 2 is 2.37 bits per heavy atom. The normalized spacial score (nSPS) is 21.4. The highest BCUT2D eigenvalue weighted by Crippen LogP contribution is 2.20. The standard InChI is InChI=1S/C10H15N3O4S2/c14-10(15)9-3-1-2-4-13(9)19(16,17)12-6-8-5-11-7-18-8/h5,7,9,12H,1-4,6H2,(H,14,15). The summed E-state index contributed by atoms with van der Waals surface area (Å²) in [5.41, 5.74) is 1.62. The summed E-state index contributed by atoms with van der Waals surface area (Å²) < 4.78 is 27.7. The lowest BCUT2D eigenvalue weighted by Crippen LogP contribution is -2.51. The minimum absolute atomic E-state index is 0.135. The summed E-state index contributed by atoms with van der Waals surface area (Å²) in [7, 11) is -3.77. The van der Waals surface area contributed by atoms with Crippen LogP contribution in [0.25, 0.3) is 0 Å². The molecule has 1 fully saturated rings. The highest BCUT2D eigenvalue weighted by atomic mass is 32.2. The number of aromatic nitrogens is 1. The van der Waals surface area contributed by atoms with Gasteiger partial charge in [-0.25, -0.2) is 0 Å². The molecule has 2 N–H and O–H groups in total. The molecular formula is C10H15N3O4S2. The molecule has 0 bridgehead atoms. The Labute approximate surface area is 115 Å². The van der Waals surface area contributed by atoms with Gasteiger partial charge in [0.05, 0.1) is 5.51 Å². The molecule has 0 aromatic carbocycles. The first-order chi connectivity index (χ1) is 9.00. The van der Waals surface area contributed by atoms with Crippen LogP contribution in [0.3, 0.4) is 0 Å². The fourth-order valence-electron chi connectivity index (χ4n) is 2.01. The molecule has 7 nitrogen and oxygen atoms in total. The van der Waals surface area contributed by atoms with E-state index in [9.17, 15) is 13.2 Å². The van der Waals surface area contributed by atoms with Crippen LogP contribution in [-0.4, -0.2) is 41.4 Å². The number of aliphatic carboxylic acids is 1. The predicted molar refractivity (Wildman–Crippen MR) is 69.9 cm³/mol. The van der Waals surface area contributed by atoms with Crippen molar-refractivity contribution in [2.75, 3.05) is 6.54 Å². The second kappa shape index (κ2) is 5.95. The summed E-state index contributed by atoms with van der Waals surface area (Å²) in [4.78, 5) is 15.7. The van der Waals surface area contributed by atoms with Crippen molar-refractivity contribution in [3.8, 4) is 0 Å². The third kappa shape index (κ3) is 3.50. The van der Waals surface area contributed by atoms with Crippen LogP contribution in [0.1, 0.15) is 24.1 Å². The molecule has 1 aromatic rings.